The van der Waals surface area contributed by atoms with Crippen molar-refractivity contribution in [3.63, 3.8) is 0 Å². The number of hydrogen-bond donors (Lipinski definition) is 0. The van der Waals surface area contributed by atoms with Gasteiger partial charge in [0, 0.05) is 23.3 Å². The zero-order chi connectivity index (χ0) is 14.5. The molecule has 0 amide bonds. The summed E-state index contributed by atoms with van der Waals surface area (Å²) in [6, 6.07) is 10.5. The van der Waals surface area contributed by atoms with Gasteiger partial charge in [-0.25, -0.2) is 0 Å². The maximum atomic E-state index is 12.2. The molecule has 1 heterocycles. The predicted octanol–water partition coefficient (Wildman–Crippen LogP) is 2.65. The fourth-order valence-corrected chi connectivity index (χ4v) is 1.85. The van der Waals surface area contributed by atoms with Gasteiger partial charge in [0.15, 0.2) is 18.2 Å². The van der Waals surface area contributed by atoms with Crippen LogP contribution in [0.15, 0.2) is 48.8 Å². The van der Waals surface area contributed by atoms with Crippen LogP contribution in [0.5, 0.6) is 5.75 Å². The quantitative estimate of drug-likeness (QED) is 0.615. The minimum absolute atomic E-state index is 0. The molecule has 5 heteroatoms. The van der Waals surface area contributed by atoms with E-state index in [4.69, 9.17) is 4.74 Å². The molecule has 110 valence electrons. The smallest absolute Gasteiger partial charge is 0.227 e. The number of carbonyl (C=O) groups excluding carboxylic acids is 2. The molecule has 2 aromatic rings. The fourth-order valence-electron chi connectivity index (χ4n) is 1.85. The number of methoxy groups -OCH3 is 1. The molecule has 0 aliphatic rings. The van der Waals surface area contributed by atoms with Crippen LogP contribution in [0.1, 0.15) is 27.6 Å². The third-order valence-corrected chi connectivity index (χ3v) is 3.02. The average molecular weight is 351 g/mol. The number of benzene rings is 1. The van der Waals surface area contributed by atoms with Crippen molar-refractivity contribution in [2.24, 2.45) is 0 Å². The summed E-state index contributed by atoms with van der Waals surface area (Å²) in [5.74, 6) is 0.661. The van der Waals surface area contributed by atoms with Crippen molar-refractivity contribution >= 4 is 28.5 Å². The molecule has 4 nitrogen and oxygen atoms in total. The third kappa shape index (κ3) is 4.49. The van der Waals surface area contributed by atoms with Crippen LogP contribution >= 0.6 is 17.0 Å². The second-order valence-electron chi connectivity index (χ2n) is 4.47. The zero-order valence-electron chi connectivity index (χ0n) is 11.9. The van der Waals surface area contributed by atoms with Crippen LogP contribution < -0.4 is 9.30 Å². The van der Waals surface area contributed by atoms with E-state index in [1.807, 2.05) is 0 Å². The molecule has 1 aromatic heterocycles. The van der Waals surface area contributed by atoms with Crippen molar-refractivity contribution in [1.82, 2.24) is 0 Å². The van der Waals surface area contributed by atoms with Crippen molar-refractivity contribution in [1.29, 1.82) is 0 Å². The summed E-state index contributed by atoms with van der Waals surface area (Å²) < 4.78 is 6.85. The van der Waals surface area contributed by atoms with Crippen LogP contribution in [0.25, 0.3) is 0 Å². The summed E-state index contributed by atoms with van der Waals surface area (Å²) in [4.78, 5) is 23.3. The van der Waals surface area contributed by atoms with E-state index < -0.39 is 0 Å². The summed E-state index contributed by atoms with van der Waals surface area (Å²) in [5.41, 5.74) is 1.24. The Morgan fingerprint density at radius 2 is 1.76 bits per heavy atom. The molecule has 0 fully saturated rings. The number of ketones is 2. The number of aromatic nitrogens is 1. The van der Waals surface area contributed by atoms with Gasteiger partial charge in [0.2, 0.25) is 12.3 Å². The maximum Gasteiger partial charge on any atom is 0.227 e. The molecule has 0 atom stereocenters. The first-order chi connectivity index (χ1) is 9.60. The lowest BCUT2D eigenvalue weighted by molar-refractivity contribution is -0.683. The highest BCUT2D eigenvalue weighted by Crippen LogP contribution is 2.12. The van der Waals surface area contributed by atoms with Crippen LogP contribution in [-0.4, -0.2) is 18.7 Å². The Balaban J connectivity index is 0.00000220. The van der Waals surface area contributed by atoms with Crippen molar-refractivity contribution in [2.45, 2.75) is 13.5 Å². The molecule has 0 aliphatic heterocycles. The van der Waals surface area contributed by atoms with E-state index in [0.717, 1.165) is 0 Å². The van der Waals surface area contributed by atoms with E-state index in [0.29, 0.717) is 16.9 Å². The molecule has 0 N–H and O–H groups in total. The van der Waals surface area contributed by atoms with Gasteiger partial charge in [-0.2, -0.15) is 4.57 Å². The van der Waals surface area contributed by atoms with Crippen molar-refractivity contribution in [2.75, 3.05) is 7.11 Å². The summed E-state index contributed by atoms with van der Waals surface area (Å²) in [6.45, 7) is 1.74. The van der Waals surface area contributed by atoms with E-state index in [-0.39, 0.29) is 35.1 Å². The van der Waals surface area contributed by atoms with Gasteiger partial charge in [0.1, 0.15) is 5.75 Å². The molecule has 0 bridgehead atoms. The minimum Gasteiger partial charge on any atom is -0.497 e. The van der Waals surface area contributed by atoms with Gasteiger partial charge >= 0.3 is 0 Å². The summed E-state index contributed by atoms with van der Waals surface area (Å²) in [7, 11) is 1.57. The number of pyridine rings is 1. The van der Waals surface area contributed by atoms with Gasteiger partial charge in [0.25, 0.3) is 0 Å². The SMILES string of the molecule is Br.COc1cccc(C(=O)C[n+]2ccc(C(C)=O)cc2)c1. The standard InChI is InChI=1S/C16H16NO3.BrH/c1-12(18)13-6-8-17(9-7-13)11-16(19)14-4-3-5-15(10-14)20-2;/h3-10H,11H2,1-2H3;1H/q+1;. The zero-order valence-corrected chi connectivity index (χ0v) is 13.6. The third-order valence-electron chi connectivity index (χ3n) is 3.02. The topological polar surface area (TPSA) is 47.2 Å². The van der Waals surface area contributed by atoms with Crippen LogP contribution in [0.4, 0.5) is 0 Å². The molecule has 0 spiro atoms. The second kappa shape index (κ2) is 7.69. The Morgan fingerprint density at radius 1 is 1.10 bits per heavy atom. The number of nitrogens with zero attached hydrogens (tertiary/aromatic N) is 1. The lowest BCUT2D eigenvalue weighted by atomic mass is 10.1. The molecule has 0 saturated carbocycles. The first-order valence-electron chi connectivity index (χ1n) is 6.27. The lowest BCUT2D eigenvalue weighted by Crippen LogP contribution is -2.37. The summed E-state index contributed by atoms with van der Waals surface area (Å²) in [6.07, 6.45) is 3.46. The van der Waals surface area contributed by atoms with Gasteiger partial charge in [-0.1, -0.05) is 12.1 Å². The monoisotopic (exact) mass is 350 g/mol. The Morgan fingerprint density at radius 3 is 2.33 bits per heavy atom. The van der Waals surface area contributed by atoms with Crippen LogP contribution in [0, 0.1) is 0 Å². The number of ether oxygens (including phenoxy) is 1. The molecule has 1 aromatic carbocycles. The van der Waals surface area contributed by atoms with Crippen LogP contribution in [0.2, 0.25) is 0 Å². The van der Waals surface area contributed by atoms with Crippen molar-refractivity contribution < 1.29 is 18.9 Å². The van der Waals surface area contributed by atoms with E-state index in [2.05, 4.69) is 0 Å². The molecule has 0 aliphatic carbocycles. The van der Waals surface area contributed by atoms with Gasteiger partial charge < -0.3 is 4.74 Å². The minimum atomic E-state index is -0.00975. The first kappa shape index (κ1) is 17.0. The number of carbonyl (C=O) groups is 2. The molecule has 0 saturated heterocycles. The predicted molar refractivity (Wildman–Crippen MR) is 84.3 cm³/mol. The van der Waals surface area contributed by atoms with Crippen molar-refractivity contribution in [3.05, 3.63) is 59.9 Å². The molecular weight excluding hydrogens is 334 g/mol. The molecule has 21 heavy (non-hydrogen) atoms. The number of hydrogen-bond acceptors (Lipinski definition) is 3. The highest BCUT2D eigenvalue weighted by molar-refractivity contribution is 8.93. The highest BCUT2D eigenvalue weighted by Gasteiger charge is 2.13. The number of halogens is 1. The van der Waals surface area contributed by atoms with Gasteiger partial charge in [0.05, 0.1) is 7.11 Å². The Bertz CT molecular complexity index is 638. The first-order valence-corrected chi connectivity index (χ1v) is 6.27. The summed E-state index contributed by atoms with van der Waals surface area (Å²) in [5, 5.41) is 0. The maximum absolute atomic E-state index is 12.2. The average Bonchev–Trinajstić information content (AvgIpc) is 2.47. The fraction of sp³-hybridized carbons (Fsp3) is 0.188. The number of Topliss-reactive ketones (excluding diaryl/α,β-unsaturated/α-hetero) is 2. The lowest BCUT2D eigenvalue weighted by Gasteiger charge is -2.02. The highest BCUT2D eigenvalue weighted by atomic mass is 79.9. The van der Waals surface area contributed by atoms with E-state index in [1.54, 1.807) is 60.5 Å². The molecular formula is C16H17BrNO3+. The van der Waals surface area contributed by atoms with Gasteiger partial charge in [-0.05, 0) is 19.1 Å². The van der Waals surface area contributed by atoms with Crippen LogP contribution in [0.3, 0.4) is 0 Å². The van der Waals surface area contributed by atoms with Gasteiger partial charge in [-0.3, -0.25) is 9.59 Å². The normalized spacial score (nSPS) is 9.62. The van der Waals surface area contributed by atoms with Crippen molar-refractivity contribution in [3.8, 4) is 5.75 Å². The van der Waals surface area contributed by atoms with E-state index >= 15 is 0 Å². The largest absolute Gasteiger partial charge is 0.497 e. The summed E-state index contributed by atoms with van der Waals surface area (Å²) >= 11 is 0. The van der Waals surface area contributed by atoms with E-state index in [9.17, 15) is 9.59 Å². The molecule has 0 unspecified atom stereocenters. The van der Waals surface area contributed by atoms with E-state index in [1.165, 1.54) is 6.92 Å². The van der Waals surface area contributed by atoms with Gasteiger partial charge in [-0.15, -0.1) is 17.0 Å². The van der Waals surface area contributed by atoms with Crippen LogP contribution in [-0.2, 0) is 6.54 Å². The Labute approximate surface area is 134 Å². The molecule has 2 rings (SSSR count). The second-order valence-corrected chi connectivity index (χ2v) is 4.47. The number of rotatable bonds is 5. The Hall–Kier alpha value is -2.01. The molecule has 0 radical (unpaired) electrons. The Kier molecular flexibility index (Phi) is 6.24.